The number of hydrogen-bond donors (Lipinski definition) is 0. The summed E-state index contributed by atoms with van der Waals surface area (Å²) < 4.78 is 46.3. The smallest absolute Gasteiger partial charge is 0.411 e. The summed E-state index contributed by atoms with van der Waals surface area (Å²) in [5.41, 5.74) is 0.0754. The fourth-order valence-corrected chi connectivity index (χ4v) is 3.74. The van der Waals surface area contributed by atoms with Gasteiger partial charge in [-0.15, -0.1) is 0 Å². The van der Waals surface area contributed by atoms with Gasteiger partial charge >= 0.3 is 12.1 Å². The van der Waals surface area contributed by atoms with Crippen molar-refractivity contribution < 1.29 is 32.2 Å². The molecule has 2 aliphatic heterocycles. The molecule has 1 aromatic rings. The molecule has 2 aliphatic rings. The van der Waals surface area contributed by atoms with E-state index in [2.05, 4.69) is 9.64 Å². The van der Waals surface area contributed by atoms with Crippen molar-refractivity contribution in [1.82, 2.24) is 9.80 Å². The van der Waals surface area contributed by atoms with E-state index >= 15 is 0 Å². The number of carbonyl (C=O) groups is 2. The summed E-state index contributed by atoms with van der Waals surface area (Å²) in [5.74, 6) is -0.700. The Bertz CT molecular complexity index is 747. The lowest BCUT2D eigenvalue weighted by Crippen LogP contribution is -2.58. The van der Waals surface area contributed by atoms with Crippen LogP contribution in [0.25, 0.3) is 0 Å². The lowest BCUT2D eigenvalue weighted by atomic mass is 9.88. The summed E-state index contributed by atoms with van der Waals surface area (Å²) >= 11 is 0. The summed E-state index contributed by atoms with van der Waals surface area (Å²) in [5, 5.41) is 0. The molecule has 0 aromatic heterocycles. The van der Waals surface area contributed by atoms with Crippen molar-refractivity contribution in [1.29, 1.82) is 0 Å². The zero-order chi connectivity index (χ0) is 21.1. The third-order valence-corrected chi connectivity index (χ3v) is 5.22. The van der Waals surface area contributed by atoms with Crippen molar-refractivity contribution in [2.24, 2.45) is 0 Å². The molecule has 0 bridgehead atoms. The molecule has 6 nitrogen and oxygen atoms in total. The van der Waals surface area contributed by atoms with E-state index in [1.54, 1.807) is 24.0 Å². The molecule has 1 atom stereocenters. The molecule has 0 N–H and O–H groups in total. The predicted molar refractivity (Wildman–Crippen MR) is 98.5 cm³/mol. The van der Waals surface area contributed by atoms with Gasteiger partial charge in [-0.05, 0) is 25.0 Å². The van der Waals surface area contributed by atoms with E-state index in [-0.39, 0.29) is 12.5 Å². The topological polar surface area (TPSA) is 59.1 Å². The second-order valence-corrected chi connectivity index (χ2v) is 7.61. The number of amides is 1. The minimum Gasteiger partial charge on any atom is -0.445 e. The third kappa shape index (κ3) is 5.48. The fourth-order valence-electron chi connectivity index (χ4n) is 3.74. The largest absolute Gasteiger partial charge is 0.445 e. The van der Waals surface area contributed by atoms with Crippen molar-refractivity contribution in [3.63, 3.8) is 0 Å². The molecule has 1 aromatic carbocycles. The Labute approximate surface area is 167 Å². The van der Waals surface area contributed by atoms with Crippen molar-refractivity contribution in [3.8, 4) is 0 Å². The molecule has 29 heavy (non-hydrogen) atoms. The summed E-state index contributed by atoms with van der Waals surface area (Å²) in [6, 6.07) is 7.12. The zero-order valence-corrected chi connectivity index (χ0v) is 16.3. The van der Waals surface area contributed by atoms with Crippen molar-refractivity contribution in [2.75, 3.05) is 45.9 Å². The van der Waals surface area contributed by atoms with Crippen LogP contribution in [0.15, 0.2) is 24.3 Å². The van der Waals surface area contributed by atoms with Crippen LogP contribution in [0.3, 0.4) is 0 Å². The molecule has 0 saturated carbocycles. The average Bonchev–Trinajstić information content (AvgIpc) is 2.67. The van der Waals surface area contributed by atoms with E-state index in [4.69, 9.17) is 4.74 Å². The second kappa shape index (κ2) is 8.71. The maximum Gasteiger partial charge on any atom is 0.411 e. The molecular weight excluding hydrogens is 389 g/mol. The highest BCUT2D eigenvalue weighted by Crippen LogP contribution is 2.30. The molecule has 1 fully saturated rings. The number of carbonyl (C=O) groups excluding carboxylic acids is 2. The number of alkyl halides is 3. The van der Waals surface area contributed by atoms with Gasteiger partial charge in [-0.25, -0.2) is 4.79 Å². The second-order valence-electron chi connectivity index (χ2n) is 7.61. The maximum absolute atomic E-state index is 13.0. The Kier molecular flexibility index (Phi) is 6.48. The Morgan fingerprint density at radius 3 is 2.59 bits per heavy atom. The minimum absolute atomic E-state index is 0.0477. The number of esters is 1. The van der Waals surface area contributed by atoms with Crippen LogP contribution >= 0.6 is 0 Å². The molecule has 0 spiro atoms. The first-order valence-electron chi connectivity index (χ1n) is 9.65. The van der Waals surface area contributed by atoms with Crippen molar-refractivity contribution in [3.05, 3.63) is 35.4 Å². The Morgan fingerprint density at radius 2 is 1.90 bits per heavy atom. The van der Waals surface area contributed by atoms with E-state index < -0.39 is 24.4 Å². The predicted octanol–water partition coefficient (Wildman–Crippen LogP) is 2.27. The first-order chi connectivity index (χ1) is 13.7. The molecule has 2 heterocycles. The number of fused-ring (bicyclic) bond motifs is 1. The highest BCUT2D eigenvalue weighted by atomic mass is 19.4. The molecule has 1 amide bonds. The number of cyclic esters (lactones) is 1. The summed E-state index contributed by atoms with van der Waals surface area (Å²) in [4.78, 5) is 29.1. The number of benzene rings is 1. The molecule has 0 aliphatic carbocycles. The van der Waals surface area contributed by atoms with Gasteiger partial charge in [0.15, 0.2) is 5.60 Å². The van der Waals surface area contributed by atoms with Crippen LogP contribution in [0.1, 0.15) is 29.3 Å². The number of piperazine rings is 1. The van der Waals surface area contributed by atoms with Crippen LogP contribution in [-0.2, 0) is 20.7 Å². The number of nitrogens with zero attached hydrogens (tertiary/aromatic N) is 2. The normalized spacial score (nSPS) is 22.9. The molecular formula is C20H25F3N2O4. The number of ether oxygens (including phenoxy) is 2. The molecule has 0 radical (unpaired) electrons. The first-order valence-corrected chi connectivity index (χ1v) is 9.65. The van der Waals surface area contributed by atoms with Gasteiger partial charge in [0.1, 0.15) is 6.61 Å². The van der Waals surface area contributed by atoms with E-state index in [1.807, 2.05) is 12.1 Å². The monoisotopic (exact) mass is 414 g/mol. The highest BCUT2D eigenvalue weighted by molar-refractivity contribution is 5.97. The van der Waals surface area contributed by atoms with Gasteiger partial charge in [-0.1, -0.05) is 18.2 Å². The summed E-state index contributed by atoms with van der Waals surface area (Å²) in [7, 11) is 0. The Balaban J connectivity index is 1.46. The Morgan fingerprint density at radius 1 is 1.21 bits per heavy atom. The molecule has 1 unspecified atom stereocenters. The first kappa shape index (κ1) is 21.6. The fraction of sp³-hybridized carbons (Fsp3) is 0.600. The number of rotatable bonds is 6. The SMILES string of the molecule is CC1(C(=O)N2CCN(CCCOCC(F)(F)F)CC2)Cc2ccccc2C(=O)O1. The van der Waals surface area contributed by atoms with E-state index in [0.717, 1.165) is 5.56 Å². The third-order valence-electron chi connectivity index (χ3n) is 5.22. The van der Waals surface area contributed by atoms with Crippen LogP contribution in [-0.4, -0.2) is 79.4 Å². The molecule has 160 valence electrons. The lowest BCUT2D eigenvalue weighted by molar-refractivity contribution is -0.174. The van der Waals surface area contributed by atoms with Gasteiger partial charge in [0.2, 0.25) is 0 Å². The average molecular weight is 414 g/mol. The van der Waals surface area contributed by atoms with Gasteiger partial charge in [0, 0.05) is 45.8 Å². The summed E-state index contributed by atoms with van der Waals surface area (Å²) in [6.07, 6.45) is -3.47. The summed E-state index contributed by atoms with van der Waals surface area (Å²) in [6.45, 7) is 3.28. The van der Waals surface area contributed by atoms with E-state index in [9.17, 15) is 22.8 Å². The molecule has 1 saturated heterocycles. The van der Waals surface area contributed by atoms with Gasteiger partial charge in [-0.3, -0.25) is 9.69 Å². The van der Waals surface area contributed by atoms with Gasteiger partial charge in [0.05, 0.1) is 5.56 Å². The minimum atomic E-state index is -4.30. The van der Waals surface area contributed by atoms with Crippen LogP contribution in [0, 0.1) is 0 Å². The van der Waals surface area contributed by atoms with Crippen LogP contribution in [0.2, 0.25) is 0 Å². The quantitative estimate of drug-likeness (QED) is 0.528. The van der Waals surface area contributed by atoms with Crippen LogP contribution in [0.4, 0.5) is 13.2 Å². The van der Waals surface area contributed by atoms with Crippen molar-refractivity contribution >= 4 is 11.9 Å². The highest BCUT2D eigenvalue weighted by Gasteiger charge is 2.45. The van der Waals surface area contributed by atoms with Gasteiger partial charge in [-0.2, -0.15) is 13.2 Å². The maximum atomic E-state index is 13.0. The van der Waals surface area contributed by atoms with Gasteiger partial charge in [0.25, 0.3) is 5.91 Å². The number of hydrogen-bond acceptors (Lipinski definition) is 5. The van der Waals surface area contributed by atoms with Gasteiger partial charge < -0.3 is 14.4 Å². The zero-order valence-electron chi connectivity index (χ0n) is 16.3. The van der Waals surface area contributed by atoms with Crippen LogP contribution in [0.5, 0.6) is 0 Å². The standard InChI is InChI=1S/C20H25F3N2O4/c1-19(13-15-5-2-3-6-16(15)17(26)29-19)18(27)25-10-8-24(9-11-25)7-4-12-28-14-20(21,22)23/h2-3,5-6H,4,7-14H2,1H3. The molecule has 3 rings (SSSR count). The molecule has 9 heteroatoms. The van der Waals surface area contributed by atoms with E-state index in [0.29, 0.717) is 51.1 Å². The Hall–Kier alpha value is -2.13. The number of halogens is 3. The van der Waals surface area contributed by atoms with Crippen LogP contribution < -0.4 is 0 Å². The van der Waals surface area contributed by atoms with Crippen molar-refractivity contribution in [2.45, 2.75) is 31.5 Å². The lowest BCUT2D eigenvalue weighted by Gasteiger charge is -2.40. The van der Waals surface area contributed by atoms with E-state index in [1.165, 1.54) is 0 Å².